The Bertz CT molecular complexity index is 1530. The Balaban J connectivity index is 1.48. The number of aryl methyl sites for hydroxylation is 2. The van der Waals surface area contributed by atoms with Crippen LogP contribution in [0.2, 0.25) is 5.15 Å². The van der Waals surface area contributed by atoms with Gasteiger partial charge in [0.2, 0.25) is 5.91 Å². The second-order valence-corrected chi connectivity index (χ2v) is 13.1. The van der Waals surface area contributed by atoms with E-state index < -0.39 is 33.9 Å². The molecule has 1 amide bonds. The highest BCUT2D eigenvalue weighted by Crippen LogP contribution is 2.42. The van der Waals surface area contributed by atoms with Gasteiger partial charge in [-0.1, -0.05) is 17.7 Å². The van der Waals surface area contributed by atoms with Crippen molar-refractivity contribution in [2.45, 2.75) is 57.8 Å². The summed E-state index contributed by atoms with van der Waals surface area (Å²) in [5, 5.41) is 4.67. The van der Waals surface area contributed by atoms with Gasteiger partial charge in [0, 0.05) is 30.8 Å². The molecule has 5 rings (SSSR count). The highest BCUT2D eigenvalue weighted by atomic mass is 35.5. The summed E-state index contributed by atoms with van der Waals surface area (Å²) in [6.07, 6.45) is -1.39. The molecule has 39 heavy (non-hydrogen) atoms. The number of anilines is 2. The smallest absolute Gasteiger partial charge is 0.336 e. The van der Waals surface area contributed by atoms with E-state index in [0.717, 1.165) is 36.2 Å². The number of amides is 1. The third-order valence-corrected chi connectivity index (χ3v) is 9.71. The fourth-order valence-electron chi connectivity index (χ4n) is 5.76. The Morgan fingerprint density at radius 1 is 1.18 bits per heavy atom. The van der Waals surface area contributed by atoms with Crippen molar-refractivity contribution in [3.8, 4) is 0 Å². The lowest BCUT2D eigenvalue weighted by molar-refractivity contribution is -0.190. The van der Waals surface area contributed by atoms with E-state index in [0.29, 0.717) is 22.1 Å². The molecule has 1 aromatic carbocycles. The van der Waals surface area contributed by atoms with Gasteiger partial charge in [-0.25, -0.2) is 17.9 Å². The molecule has 2 aliphatic heterocycles. The number of hydrogen-bond donors (Lipinski definition) is 0. The number of carbonyl (C=O) groups excluding carboxylic acids is 1. The van der Waals surface area contributed by atoms with E-state index in [4.69, 9.17) is 11.6 Å². The maximum absolute atomic E-state index is 14.4. The van der Waals surface area contributed by atoms with Crippen LogP contribution in [0.25, 0.3) is 5.65 Å². The average molecular weight is 584 g/mol. The predicted molar refractivity (Wildman–Crippen MR) is 142 cm³/mol. The first-order valence-corrected chi connectivity index (χ1v) is 14.9. The summed E-state index contributed by atoms with van der Waals surface area (Å²) in [6.45, 7) is 3.65. The molecule has 13 heteroatoms. The van der Waals surface area contributed by atoms with E-state index in [1.807, 2.05) is 11.8 Å². The highest BCUT2D eigenvalue weighted by molar-refractivity contribution is 7.91. The molecule has 3 aromatic rings. The summed E-state index contributed by atoms with van der Waals surface area (Å²) in [5.74, 6) is -1.83. The van der Waals surface area contributed by atoms with Crippen LogP contribution in [0.3, 0.4) is 0 Å². The van der Waals surface area contributed by atoms with Gasteiger partial charge in [0.1, 0.15) is 9.84 Å². The van der Waals surface area contributed by atoms with Crippen LogP contribution in [0.5, 0.6) is 0 Å². The minimum Gasteiger partial charge on any atom is -0.336 e. The predicted octanol–water partition coefficient (Wildman–Crippen LogP) is 5.05. The second-order valence-electron chi connectivity index (χ2n) is 10.4. The van der Waals surface area contributed by atoms with Gasteiger partial charge < -0.3 is 9.80 Å². The van der Waals surface area contributed by atoms with Gasteiger partial charge in [0.25, 0.3) is 0 Å². The molecule has 8 nitrogen and oxygen atoms in total. The Morgan fingerprint density at radius 3 is 2.51 bits per heavy atom. The summed E-state index contributed by atoms with van der Waals surface area (Å²) in [6, 6.07) is 4.33. The Morgan fingerprint density at radius 2 is 1.87 bits per heavy atom. The molecule has 0 saturated carbocycles. The van der Waals surface area contributed by atoms with Crippen LogP contribution >= 0.6 is 11.6 Å². The number of sulfone groups is 1. The third kappa shape index (κ3) is 5.20. The fourth-order valence-corrected chi connectivity index (χ4v) is 7.42. The van der Waals surface area contributed by atoms with Crippen LogP contribution in [0.4, 0.5) is 24.5 Å². The van der Waals surface area contributed by atoms with Crippen molar-refractivity contribution in [1.82, 2.24) is 19.5 Å². The Kier molecular flexibility index (Phi) is 7.07. The topological polar surface area (TPSA) is 87.9 Å². The lowest BCUT2D eigenvalue weighted by Crippen LogP contribution is -2.44. The molecule has 2 aromatic heterocycles. The standard InChI is InChI=1S/C26H29ClF3N5O3S/c1-15-12-18(34-16(2)4-7-20-21(34)14-31-23-13-22(27)32-35(20)23)5-6-19(15)24(26(28,29)30)33(3)25(36)17-8-10-39(37,38)11-9-17/h5-6,12-14,16-17,24H,4,7-11H2,1-3H3/t16-,24-/m0/s1. The van der Waals surface area contributed by atoms with Crippen LogP contribution in [-0.4, -0.2) is 64.6 Å². The number of fused-ring (bicyclic) bond motifs is 3. The summed E-state index contributed by atoms with van der Waals surface area (Å²) < 4.78 is 68.5. The van der Waals surface area contributed by atoms with E-state index in [1.54, 1.807) is 35.8 Å². The molecule has 0 spiro atoms. The maximum Gasteiger partial charge on any atom is 0.413 e. The summed E-state index contributed by atoms with van der Waals surface area (Å²) in [4.78, 5) is 20.3. The van der Waals surface area contributed by atoms with Gasteiger partial charge >= 0.3 is 6.18 Å². The molecule has 1 fully saturated rings. The van der Waals surface area contributed by atoms with Crippen molar-refractivity contribution in [2.24, 2.45) is 5.92 Å². The normalized spacial score (nSPS) is 20.6. The zero-order chi connectivity index (χ0) is 28.3. The number of rotatable bonds is 4. The molecule has 210 valence electrons. The molecule has 0 radical (unpaired) electrons. The SMILES string of the molecule is Cc1cc(N2c3cnc4cc(Cl)nn4c3CC[C@@H]2C)ccc1[C@H](N(C)C(=O)C1CCS(=O)(=O)CC1)C(F)(F)F. The van der Waals surface area contributed by atoms with E-state index >= 15 is 0 Å². The minimum absolute atomic E-state index is 0.0251. The van der Waals surface area contributed by atoms with Crippen molar-refractivity contribution in [3.63, 3.8) is 0 Å². The van der Waals surface area contributed by atoms with Crippen LogP contribution in [0, 0.1) is 12.8 Å². The molecule has 4 heterocycles. The van der Waals surface area contributed by atoms with E-state index in [-0.39, 0.29) is 36.0 Å². The van der Waals surface area contributed by atoms with Crippen molar-refractivity contribution >= 4 is 44.4 Å². The third-order valence-electron chi connectivity index (χ3n) is 7.81. The number of hydrogen-bond acceptors (Lipinski definition) is 6. The first kappa shape index (κ1) is 27.7. The zero-order valence-electron chi connectivity index (χ0n) is 21.7. The number of benzene rings is 1. The number of halogens is 4. The van der Waals surface area contributed by atoms with Gasteiger partial charge in [-0.3, -0.25) is 4.79 Å². The van der Waals surface area contributed by atoms with Crippen LogP contribution in [-0.2, 0) is 21.1 Å². The molecular formula is C26H29ClF3N5O3S. The van der Waals surface area contributed by atoms with Crippen LogP contribution in [0.15, 0.2) is 30.5 Å². The van der Waals surface area contributed by atoms with Gasteiger partial charge in [0.15, 0.2) is 16.8 Å². The largest absolute Gasteiger partial charge is 0.413 e. The van der Waals surface area contributed by atoms with Crippen molar-refractivity contribution in [2.75, 3.05) is 23.5 Å². The molecule has 0 unspecified atom stereocenters. The molecule has 2 aliphatic rings. The van der Waals surface area contributed by atoms with Gasteiger partial charge in [-0.05, 0) is 62.8 Å². The van der Waals surface area contributed by atoms with E-state index in [1.165, 1.54) is 6.07 Å². The lowest BCUT2D eigenvalue weighted by atomic mass is 9.94. The molecule has 1 saturated heterocycles. The monoisotopic (exact) mass is 583 g/mol. The summed E-state index contributed by atoms with van der Waals surface area (Å²) in [7, 11) is -2.10. The quantitative estimate of drug-likeness (QED) is 0.427. The summed E-state index contributed by atoms with van der Waals surface area (Å²) >= 11 is 6.09. The molecule has 0 N–H and O–H groups in total. The number of carbonyl (C=O) groups is 1. The Hall–Kier alpha value is -2.86. The van der Waals surface area contributed by atoms with E-state index in [9.17, 15) is 26.4 Å². The Labute approximate surface area is 229 Å². The van der Waals surface area contributed by atoms with Crippen molar-refractivity contribution in [1.29, 1.82) is 0 Å². The fraction of sp³-hybridized carbons (Fsp3) is 0.500. The van der Waals surface area contributed by atoms with Crippen molar-refractivity contribution in [3.05, 3.63) is 52.4 Å². The first-order valence-electron chi connectivity index (χ1n) is 12.7. The first-order chi connectivity index (χ1) is 18.3. The van der Waals surface area contributed by atoms with E-state index in [2.05, 4.69) is 10.1 Å². The second kappa shape index (κ2) is 9.96. The summed E-state index contributed by atoms with van der Waals surface area (Å²) in [5.41, 5.74) is 3.41. The highest BCUT2D eigenvalue weighted by Gasteiger charge is 2.47. The molecular weight excluding hydrogens is 555 g/mol. The molecule has 2 atom stereocenters. The number of alkyl halides is 3. The maximum atomic E-state index is 14.4. The number of nitrogens with zero attached hydrogens (tertiary/aromatic N) is 5. The molecule has 0 bridgehead atoms. The lowest BCUT2D eigenvalue weighted by Gasteiger charge is -2.38. The van der Waals surface area contributed by atoms with Gasteiger partial charge in [0.05, 0.1) is 29.1 Å². The van der Waals surface area contributed by atoms with Crippen LogP contribution < -0.4 is 4.90 Å². The van der Waals surface area contributed by atoms with Gasteiger partial charge in [-0.2, -0.15) is 18.3 Å². The number of aromatic nitrogens is 3. The van der Waals surface area contributed by atoms with Crippen molar-refractivity contribution < 1.29 is 26.4 Å². The zero-order valence-corrected chi connectivity index (χ0v) is 23.3. The minimum atomic E-state index is -4.72. The average Bonchev–Trinajstić information content (AvgIpc) is 3.24. The molecule has 0 aliphatic carbocycles. The van der Waals surface area contributed by atoms with Gasteiger partial charge in [-0.15, -0.1) is 0 Å². The van der Waals surface area contributed by atoms with Crippen LogP contribution in [0.1, 0.15) is 49.0 Å².